The zero-order chi connectivity index (χ0) is 27.8. The van der Waals surface area contributed by atoms with Gasteiger partial charge in [-0.2, -0.15) is 0 Å². The fraction of sp³-hybridized carbons (Fsp3) is 1.00. The maximum Gasteiger partial charge on any atom is 0.0701 e. The summed E-state index contributed by atoms with van der Waals surface area (Å²) in [5.74, 6) is 0. The zero-order valence-electron chi connectivity index (χ0n) is 24.2. The van der Waals surface area contributed by atoms with Gasteiger partial charge in [-0.3, -0.25) is 0 Å². The average Bonchev–Trinajstić information content (AvgIpc) is 2.93. The van der Waals surface area contributed by atoms with Crippen molar-refractivity contribution in [3.8, 4) is 0 Å². The Labute approximate surface area is 227 Å². The molecule has 0 aliphatic carbocycles. The summed E-state index contributed by atoms with van der Waals surface area (Å²) in [6, 6.07) is 0. The van der Waals surface area contributed by atoms with Gasteiger partial charge in [-0.05, 0) is 12.8 Å². The molecule has 224 valence electrons. The SMILES string of the molecule is CCCCCCCCCCC(OC(CCCCCCCCCC)C(CO)(CO)CO)C(CO)(CO)CO. The van der Waals surface area contributed by atoms with Gasteiger partial charge in [0.2, 0.25) is 0 Å². The third-order valence-electron chi connectivity index (χ3n) is 8.22. The van der Waals surface area contributed by atoms with Gasteiger partial charge >= 0.3 is 0 Å². The summed E-state index contributed by atoms with van der Waals surface area (Å²) in [5.41, 5.74) is -2.46. The smallest absolute Gasteiger partial charge is 0.0701 e. The standard InChI is InChI=1S/C30H62O7/c1-3-5-7-9-11-13-15-17-19-27(29(21-31,22-32)23-33)37-28(30(24-34,25-35)26-36)20-18-16-14-12-10-8-6-4-2/h27-28,31-36H,3-26H2,1-2H3. The van der Waals surface area contributed by atoms with Crippen LogP contribution in [0.4, 0.5) is 0 Å². The molecule has 0 rings (SSSR count). The second-order valence-corrected chi connectivity index (χ2v) is 11.3. The second-order valence-electron chi connectivity index (χ2n) is 11.3. The van der Waals surface area contributed by atoms with E-state index in [2.05, 4.69) is 13.8 Å². The predicted molar refractivity (Wildman–Crippen MR) is 150 cm³/mol. The van der Waals surface area contributed by atoms with Gasteiger partial charge in [0.25, 0.3) is 0 Å². The van der Waals surface area contributed by atoms with E-state index in [4.69, 9.17) is 4.74 Å². The van der Waals surface area contributed by atoms with Gasteiger partial charge in [0.15, 0.2) is 0 Å². The van der Waals surface area contributed by atoms with Gasteiger partial charge in [0.1, 0.15) is 0 Å². The summed E-state index contributed by atoms with van der Waals surface area (Å²) in [7, 11) is 0. The summed E-state index contributed by atoms with van der Waals surface area (Å²) < 4.78 is 6.49. The van der Waals surface area contributed by atoms with E-state index in [1.54, 1.807) is 0 Å². The first kappa shape index (κ1) is 36.7. The zero-order valence-corrected chi connectivity index (χ0v) is 24.2. The van der Waals surface area contributed by atoms with Crippen molar-refractivity contribution in [3.05, 3.63) is 0 Å². The molecule has 0 amide bonds. The maximum atomic E-state index is 10.1. The minimum absolute atomic E-state index is 0.434. The first-order chi connectivity index (χ1) is 18.0. The molecule has 0 aliphatic heterocycles. The highest BCUT2D eigenvalue weighted by Crippen LogP contribution is 2.35. The monoisotopic (exact) mass is 534 g/mol. The Morgan fingerprint density at radius 2 is 0.649 bits per heavy atom. The molecule has 0 aromatic heterocycles. The van der Waals surface area contributed by atoms with E-state index in [1.807, 2.05) is 0 Å². The van der Waals surface area contributed by atoms with Crippen molar-refractivity contribution in [1.29, 1.82) is 0 Å². The number of aliphatic hydroxyl groups excluding tert-OH is 6. The minimum atomic E-state index is -1.23. The topological polar surface area (TPSA) is 131 Å². The minimum Gasteiger partial charge on any atom is -0.396 e. The molecule has 2 unspecified atom stereocenters. The van der Waals surface area contributed by atoms with Crippen LogP contribution in [0.3, 0.4) is 0 Å². The molecule has 0 fully saturated rings. The Hall–Kier alpha value is -0.280. The third kappa shape index (κ3) is 14.1. The van der Waals surface area contributed by atoms with Crippen LogP contribution in [-0.4, -0.2) is 82.5 Å². The first-order valence-corrected chi connectivity index (χ1v) is 15.3. The van der Waals surface area contributed by atoms with E-state index in [0.717, 1.165) is 38.5 Å². The number of aliphatic hydroxyl groups is 6. The van der Waals surface area contributed by atoms with Gasteiger partial charge in [-0.25, -0.2) is 0 Å². The van der Waals surface area contributed by atoms with E-state index in [9.17, 15) is 30.6 Å². The lowest BCUT2D eigenvalue weighted by Crippen LogP contribution is -2.53. The maximum absolute atomic E-state index is 10.1. The highest BCUT2D eigenvalue weighted by atomic mass is 16.5. The quantitative estimate of drug-likeness (QED) is 0.0800. The van der Waals surface area contributed by atoms with E-state index in [0.29, 0.717) is 12.8 Å². The van der Waals surface area contributed by atoms with Crippen molar-refractivity contribution in [2.24, 2.45) is 10.8 Å². The Morgan fingerprint density at radius 1 is 0.405 bits per heavy atom. The van der Waals surface area contributed by atoms with Gasteiger partial charge < -0.3 is 35.4 Å². The van der Waals surface area contributed by atoms with Crippen molar-refractivity contribution >= 4 is 0 Å². The predicted octanol–water partition coefficient (Wildman–Crippen LogP) is 4.73. The Bertz CT molecular complexity index is 422. The Morgan fingerprint density at radius 3 is 0.892 bits per heavy atom. The van der Waals surface area contributed by atoms with Crippen molar-refractivity contribution in [1.82, 2.24) is 0 Å². The molecule has 0 aliphatic rings. The largest absolute Gasteiger partial charge is 0.396 e. The first-order valence-electron chi connectivity index (χ1n) is 15.3. The molecule has 37 heavy (non-hydrogen) atoms. The number of rotatable bonds is 28. The fourth-order valence-electron chi connectivity index (χ4n) is 5.07. The summed E-state index contributed by atoms with van der Waals surface area (Å²) in [6.45, 7) is 1.81. The molecular weight excluding hydrogens is 472 g/mol. The third-order valence-corrected chi connectivity index (χ3v) is 8.22. The molecule has 2 atom stereocenters. The van der Waals surface area contributed by atoms with Crippen LogP contribution < -0.4 is 0 Å². The van der Waals surface area contributed by atoms with Gasteiger partial charge in [0.05, 0.1) is 62.7 Å². The summed E-state index contributed by atoms with van der Waals surface area (Å²) in [4.78, 5) is 0. The van der Waals surface area contributed by atoms with E-state index >= 15 is 0 Å². The van der Waals surface area contributed by atoms with Crippen molar-refractivity contribution < 1.29 is 35.4 Å². The summed E-state index contributed by atoms with van der Waals surface area (Å²) in [6.07, 6.45) is 18.0. The molecule has 0 spiro atoms. The van der Waals surface area contributed by atoms with Crippen LogP contribution in [0.25, 0.3) is 0 Å². The molecule has 7 nitrogen and oxygen atoms in total. The van der Waals surface area contributed by atoms with Crippen LogP contribution >= 0.6 is 0 Å². The molecule has 0 heterocycles. The molecular formula is C30H62O7. The van der Waals surface area contributed by atoms with E-state index < -0.39 is 62.7 Å². The van der Waals surface area contributed by atoms with Crippen LogP contribution in [0.1, 0.15) is 129 Å². The molecule has 6 N–H and O–H groups in total. The van der Waals surface area contributed by atoms with E-state index in [1.165, 1.54) is 64.2 Å². The van der Waals surface area contributed by atoms with Gasteiger partial charge in [0, 0.05) is 0 Å². The van der Waals surface area contributed by atoms with E-state index in [-0.39, 0.29) is 0 Å². The lowest BCUT2D eigenvalue weighted by Gasteiger charge is -2.43. The molecule has 7 heteroatoms. The number of ether oxygens (including phenoxy) is 1. The van der Waals surface area contributed by atoms with Crippen molar-refractivity contribution in [2.45, 2.75) is 142 Å². The molecule has 0 bridgehead atoms. The molecule has 0 saturated carbocycles. The number of unbranched alkanes of at least 4 members (excludes halogenated alkanes) is 14. The fourth-order valence-corrected chi connectivity index (χ4v) is 5.07. The molecule has 0 aromatic rings. The Kier molecular flexibility index (Phi) is 23.4. The van der Waals surface area contributed by atoms with Crippen LogP contribution in [0.15, 0.2) is 0 Å². The lowest BCUT2D eigenvalue weighted by molar-refractivity contribution is -0.191. The molecule has 0 radical (unpaired) electrons. The summed E-state index contributed by atoms with van der Waals surface area (Å²) >= 11 is 0. The highest BCUT2D eigenvalue weighted by Gasteiger charge is 2.44. The second kappa shape index (κ2) is 23.6. The normalized spacial score (nSPS) is 14.3. The number of hydrogen-bond donors (Lipinski definition) is 6. The van der Waals surface area contributed by atoms with Gasteiger partial charge in [-0.15, -0.1) is 0 Å². The average molecular weight is 535 g/mol. The molecule has 0 aromatic carbocycles. The van der Waals surface area contributed by atoms with Crippen LogP contribution in [0, 0.1) is 10.8 Å². The lowest BCUT2D eigenvalue weighted by atomic mass is 9.78. The Balaban J connectivity index is 5.27. The van der Waals surface area contributed by atoms with Crippen molar-refractivity contribution in [2.75, 3.05) is 39.6 Å². The van der Waals surface area contributed by atoms with Crippen LogP contribution in [-0.2, 0) is 4.74 Å². The van der Waals surface area contributed by atoms with Crippen LogP contribution in [0.2, 0.25) is 0 Å². The van der Waals surface area contributed by atoms with Crippen LogP contribution in [0.5, 0.6) is 0 Å². The van der Waals surface area contributed by atoms with Crippen molar-refractivity contribution in [3.63, 3.8) is 0 Å². The highest BCUT2D eigenvalue weighted by molar-refractivity contribution is 4.92. The summed E-state index contributed by atoms with van der Waals surface area (Å²) in [5, 5.41) is 60.9. The molecule has 0 saturated heterocycles. The number of hydrogen-bond acceptors (Lipinski definition) is 7. The van der Waals surface area contributed by atoms with Gasteiger partial charge in [-0.1, -0.05) is 117 Å².